The SMILES string of the molecule is CCOC(=O)C(C#N)C1(C#N)c2ccccc2S(=O)(=O)N1Cc1ccc(Br)cc1C. The third kappa shape index (κ3) is 3.29. The fraction of sp³-hybridized carbons (Fsp3) is 0.286. The molecule has 0 amide bonds. The van der Waals surface area contributed by atoms with Crippen LogP contribution in [-0.2, 0) is 31.6 Å². The molecule has 0 aliphatic carbocycles. The molecule has 3 rings (SSSR count). The highest BCUT2D eigenvalue weighted by Crippen LogP contribution is 2.49. The van der Waals surface area contributed by atoms with Gasteiger partial charge in [-0.2, -0.15) is 14.8 Å². The summed E-state index contributed by atoms with van der Waals surface area (Å²) in [6, 6.07) is 15.1. The van der Waals surface area contributed by atoms with Crippen LogP contribution in [0, 0.1) is 35.5 Å². The van der Waals surface area contributed by atoms with E-state index in [0.29, 0.717) is 5.56 Å². The van der Waals surface area contributed by atoms with Crippen molar-refractivity contribution in [3.8, 4) is 12.1 Å². The zero-order valence-electron chi connectivity index (χ0n) is 16.3. The van der Waals surface area contributed by atoms with E-state index in [-0.39, 0.29) is 23.6 Å². The Balaban J connectivity index is 2.28. The smallest absolute Gasteiger partial charge is 0.326 e. The van der Waals surface area contributed by atoms with Crippen molar-refractivity contribution < 1.29 is 17.9 Å². The van der Waals surface area contributed by atoms with Crippen molar-refractivity contribution >= 4 is 31.9 Å². The molecule has 30 heavy (non-hydrogen) atoms. The minimum absolute atomic E-state index is 0.00125. The van der Waals surface area contributed by atoms with E-state index < -0.39 is 27.4 Å². The average molecular weight is 488 g/mol. The van der Waals surface area contributed by atoms with Gasteiger partial charge < -0.3 is 4.74 Å². The lowest BCUT2D eigenvalue weighted by Crippen LogP contribution is -2.50. The average Bonchev–Trinajstić information content (AvgIpc) is 2.90. The second-order valence-electron chi connectivity index (χ2n) is 6.77. The molecule has 2 atom stereocenters. The maximum Gasteiger partial charge on any atom is 0.326 e. The van der Waals surface area contributed by atoms with Gasteiger partial charge in [0, 0.05) is 16.6 Å². The molecule has 154 valence electrons. The van der Waals surface area contributed by atoms with Crippen molar-refractivity contribution in [2.45, 2.75) is 30.8 Å². The summed E-state index contributed by atoms with van der Waals surface area (Å²) in [5, 5.41) is 20.1. The number of hydrogen-bond donors (Lipinski definition) is 0. The van der Waals surface area contributed by atoms with Gasteiger partial charge in [-0.3, -0.25) is 4.79 Å². The molecular weight excluding hydrogens is 470 g/mol. The fourth-order valence-electron chi connectivity index (χ4n) is 3.67. The summed E-state index contributed by atoms with van der Waals surface area (Å²) in [5.41, 5.74) is -0.501. The Kier molecular flexibility index (Phi) is 6.00. The molecule has 0 radical (unpaired) electrons. The first-order valence-corrected chi connectivity index (χ1v) is 11.3. The van der Waals surface area contributed by atoms with E-state index >= 15 is 0 Å². The molecule has 0 spiro atoms. The first-order valence-electron chi connectivity index (χ1n) is 9.09. The van der Waals surface area contributed by atoms with E-state index in [1.165, 1.54) is 12.1 Å². The highest BCUT2D eigenvalue weighted by molar-refractivity contribution is 9.10. The van der Waals surface area contributed by atoms with Gasteiger partial charge in [0.15, 0.2) is 11.5 Å². The number of halogens is 1. The van der Waals surface area contributed by atoms with Gasteiger partial charge in [-0.05, 0) is 43.2 Å². The summed E-state index contributed by atoms with van der Waals surface area (Å²) in [6.45, 7) is 3.21. The number of rotatable bonds is 5. The van der Waals surface area contributed by atoms with Crippen LogP contribution in [-0.4, -0.2) is 25.3 Å². The largest absolute Gasteiger partial charge is 0.465 e. The number of carbonyl (C=O) groups is 1. The lowest BCUT2D eigenvalue weighted by atomic mass is 9.79. The van der Waals surface area contributed by atoms with Crippen molar-refractivity contribution in [1.82, 2.24) is 4.31 Å². The van der Waals surface area contributed by atoms with Crippen LogP contribution in [0.4, 0.5) is 0 Å². The number of nitrogens with zero attached hydrogens (tertiary/aromatic N) is 3. The summed E-state index contributed by atoms with van der Waals surface area (Å²) in [6.07, 6.45) is 0. The zero-order valence-corrected chi connectivity index (χ0v) is 18.7. The highest BCUT2D eigenvalue weighted by Gasteiger charge is 2.61. The molecule has 0 aromatic heterocycles. The van der Waals surface area contributed by atoms with Gasteiger partial charge in [0.1, 0.15) is 0 Å². The minimum atomic E-state index is -4.15. The van der Waals surface area contributed by atoms with E-state index in [4.69, 9.17) is 4.74 Å². The molecular formula is C21H18BrN3O4S. The Morgan fingerprint density at radius 2 is 1.97 bits per heavy atom. The Bertz CT molecular complexity index is 1200. The van der Waals surface area contributed by atoms with Crippen LogP contribution in [0.25, 0.3) is 0 Å². The number of sulfonamides is 1. The molecule has 1 aliphatic rings. The van der Waals surface area contributed by atoms with E-state index in [2.05, 4.69) is 15.9 Å². The van der Waals surface area contributed by atoms with Crippen molar-refractivity contribution in [1.29, 1.82) is 10.5 Å². The molecule has 0 N–H and O–H groups in total. The van der Waals surface area contributed by atoms with Gasteiger partial charge in [0.05, 0.1) is 23.6 Å². The standard InChI is InChI=1S/C21H18BrN3O4S/c1-3-29-20(26)18(11-23)21(13-24)17-6-4-5-7-19(17)30(27,28)25(21)12-15-8-9-16(22)10-14(15)2/h4-10,18H,3,12H2,1-2H3. The summed E-state index contributed by atoms with van der Waals surface area (Å²) in [4.78, 5) is 12.5. The number of benzene rings is 2. The quantitative estimate of drug-likeness (QED) is 0.597. The van der Waals surface area contributed by atoms with Gasteiger partial charge in [-0.15, -0.1) is 0 Å². The fourth-order valence-corrected chi connectivity index (χ4v) is 6.07. The van der Waals surface area contributed by atoms with E-state index in [1.54, 1.807) is 31.2 Å². The van der Waals surface area contributed by atoms with Crippen LogP contribution in [0.3, 0.4) is 0 Å². The van der Waals surface area contributed by atoms with E-state index in [1.807, 2.05) is 25.1 Å². The summed E-state index contributed by atoms with van der Waals surface area (Å²) in [7, 11) is -4.15. The van der Waals surface area contributed by atoms with Crippen LogP contribution < -0.4 is 0 Å². The molecule has 1 heterocycles. The van der Waals surface area contributed by atoms with Crippen LogP contribution >= 0.6 is 15.9 Å². The summed E-state index contributed by atoms with van der Waals surface area (Å²) in [5.74, 6) is -2.59. The lowest BCUT2D eigenvalue weighted by Gasteiger charge is -2.34. The molecule has 0 saturated carbocycles. The van der Waals surface area contributed by atoms with Crippen LogP contribution in [0.5, 0.6) is 0 Å². The molecule has 0 saturated heterocycles. The van der Waals surface area contributed by atoms with E-state index in [0.717, 1.165) is 14.3 Å². The van der Waals surface area contributed by atoms with Crippen LogP contribution in [0.2, 0.25) is 0 Å². The molecule has 1 aliphatic heterocycles. The van der Waals surface area contributed by atoms with Gasteiger partial charge in [-0.1, -0.05) is 40.2 Å². The summed E-state index contributed by atoms with van der Waals surface area (Å²) >= 11 is 3.37. The Morgan fingerprint density at radius 3 is 2.57 bits per heavy atom. The zero-order chi connectivity index (χ0) is 22.1. The highest BCUT2D eigenvalue weighted by atomic mass is 79.9. The third-order valence-electron chi connectivity index (χ3n) is 5.12. The Hall–Kier alpha value is -2.72. The number of ether oxygens (including phenoxy) is 1. The number of fused-ring (bicyclic) bond motifs is 1. The van der Waals surface area contributed by atoms with Crippen LogP contribution in [0.15, 0.2) is 51.8 Å². The second-order valence-corrected chi connectivity index (χ2v) is 9.52. The predicted molar refractivity (Wildman–Crippen MR) is 111 cm³/mol. The number of nitriles is 2. The molecule has 0 fully saturated rings. The molecule has 2 aromatic carbocycles. The predicted octanol–water partition coefficient (Wildman–Crippen LogP) is 3.38. The number of hydrogen-bond acceptors (Lipinski definition) is 6. The van der Waals surface area contributed by atoms with Gasteiger partial charge in [0.25, 0.3) is 0 Å². The Morgan fingerprint density at radius 1 is 1.27 bits per heavy atom. The topological polar surface area (TPSA) is 111 Å². The van der Waals surface area contributed by atoms with Gasteiger partial charge in [0.2, 0.25) is 10.0 Å². The molecule has 2 aromatic rings. The molecule has 0 bridgehead atoms. The Labute approximate surface area is 183 Å². The molecule has 7 nitrogen and oxygen atoms in total. The van der Waals surface area contributed by atoms with Crippen molar-refractivity contribution in [3.63, 3.8) is 0 Å². The van der Waals surface area contributed by atoms with Gasteiger partial charge in [-0.25, -0.2) is 8.42 Å². The maximum absolute atomic E-state index is 13.4. The van der Waals surface area contributed by atoms with Crippen LogP contribution in [0.1, 0.15) is 23.6 Å². The molecule has 2 unspecified atom stereocenters. The molecule has 9 heteroatoms. The number of carbonyl (C=O) groups excluding carboxylic acids is 1. The monoisotopic (exact) mass is 487 g/mol. The first-order chi connectivity index (χ1) is 14.2. The summed E-state index contributed by atoms with van der Waals surface area (Å²) < 4.78 is 33.7. The van der Waals surface area contributed by atoms with E-state index in [9.17, 15) is 23.7 Å². The number of esters is 1. The van der Waals surface area contributed by atoms with Crippen molar-refractivity contribution in [2.24, 2.45) is 5.92 Å². The number of aryl methyl sites for hydroxylation is 1. The second kappa shape index (κ2) is 8.19. The lowest BCUT2D eigenvalue weighted by molar-refractivity contribution is -0.149. The van der Waals surface area contributed by atoms with Crippen molar-refractivity contribution in [2.75, 3.05) is 6.61 Å². The maximum atomic E-state index is 13.4. The normalized spacial score (nSPS) is 20.6. The minimum Gasteiger partial charge on any atom is -0.465 e. The van der Waals surface area contributed by atoms with Gasteiger partial charge >= 0.3 is 5.97 Å². The first kappa shape index (κ1) is 22.0. The van der Waals surface area contributed by atoms with Crippen molar-refractivity contribution in [3.05, 3.63) is 63.6 Å². The third-order valence-corrected chi connectivity index (χ3v) is 7.52.